The number of nitrogens with two attached hydrogens (primary N) is 1. The number of nitrogen functional groups attached to an aromatic ring is 1. The van der Waals surface area contributed by atoms with Crippen LogP contribution in [0.4, 0.5) is 5.69 Å². The highest BCUT2D eigenvalue weighted by Crippen LogP contribution is 2.21. The summed E-state index contributed by atoms with van der Waals surface area (Å²) in [6.45, 7) is 5.47. The smallest absolute Gasteiger partial charge is 0.159 e. The van der Waals surface area contributed by atoms with Crippen molar-refractivity contribution in [2.75, 3.05) is 18.8 Å². The van der Waals surface area contributed by atoms with Crippen LogP contribution < -0.4 is 5.73 Å². The van der Waals surface area contributed by atoms with Crippen molar-refractivity contribution in [2.24, 2.45) is 0 Å². The van der Waals surface area contributed by atoms with E-state index in [1.807, 2.05) is 30.5 Å². The van der Waals surface area contributed by atoms with Gasteiger partial charge in [0.15, 0.2) is 5.82 Å². The maximum absolute atomic E-state index is 5.73. The molecule has 2 N–H and O–H groups in total. The highest BCUT2D eigenvalue weighted by atomic mass is 15.1. The fraction of sp³-hybridized carbons (Fsp3) is 0.412. The topological polar surface area (TPSA) is 55.0 Å². The number of fused-ring (bicyclic) bond motifs is 1. The van der Waals surface area contributed by atoms with E-state index < -0.39 is 0 Å². The first-order valence-electron chi connectivity index (χ1n) is 7.69. The Kier molecular flexibility index (Phi) is 4.15. The number of anilines is 1. The van der Waals surface area contributed by atoms with Crippen molar-refractivity contribution < 1.29 is 0 Å². The average molecular weight is 282 g/mol. The van der Waals surface area contributed by atoms with Crippen molar-refractivity contribution in [3.63, 3.8) is 0 Å². The second-order valence-electron chi connectivity index (χ2n) is 5.67. The zero-order valence-electron chi connectivity index (χ0n) is 12.5. The third kappa shape index (κ3) is 3.22. The zero-order valence-corrected chi connectivity index (χ0v) is 12.5. The summed E-state index contributed by atoms with van der Waals surface area (Å²) in [4.78, 5) is 11.8. The molecule has 4 heteroatoms. The Morgan fingerprint density at radius 1 is 1.24 bits per heavy atom. The van der Waals surface area contributed by atoms with Crippen LogP contribution in [0.2, 0.25) is 0 Å². The van der Waals surface area contributed by atoms with Gasteiger partial charge in [-0.1, -0.05) is 13.3 Å². The lowest BCUT2D eigenvalue weighted by Crippen LogP contribution is -2.32. The summed E-state index contributed by atoms with van der Waals surface area (Å²) in [5.41, 5.74) is 10.00. The van der Waals surface area contributed by atoms with E-state index in [0.29, 0.717) is 0 Å². The molecule has 1 aromatic carbocycles. The second-order valence-corrected chi connectivity index (χ2v) is 5.67. The van der Waals surface area contributed by atoms with E-state index in [1.54, 1.807) is 0 Å². The Bertz CT molecular complexity index is 607. The molecule has 0 spiro atoms. The van der Waals surface area contributed by atoms with E-state index in [9.17, 15) is 0 Å². The minimum atomic E-state index is 0.766. The summed E-state index contributed by atoms with van der Waals surface area (Å²) in [7, 11) is 0. The summed E-state index contributed by atoms with van der Waals surface area (Å²) in [6.07, 6.45) is 5.54. The highest BCUT2D eigenvalue weighted by Gasteiger charge is 2.18. The fourth-order valence-electron chi connectivity index (χ4n) is 2.70. The number of aromatic nitrogens is 2. The lowest BCUT2D eigenvalue weighted by atomic mass is 10.1. The van der Waals surface area contributed by atoms with Crippen LogP contribution in [0.25, 0.3) is 11.4 Å². The van der Waals surface area contributed by atoms with Gasteiger partial charge in [0.05, 0.1) is 5.69 Å². The van der Waals surface area contributed by atoms with Crippen molar-refractivity contribution >= 4 is 5.69 Å². The molecule has 0 aliphatic carbocycles. The van der Waals surface area contributed by atoms with Crippen molar-refractivity contribution in [3.8, 4) is 11.4 Å². The molecule has 0 amide bonds. The highest BCUT2D eigenvalue weighted by molar-refractivity contribution is 5.58. The van der Waals surface area contributed by atoms with Crippen LogP contribution in [0.15, 0.2) is 30.5 Å². The molecule has 3 rings (SSSR count). The van der Waals surface area contributed by atoms with Gasteiger partial charge in [-0.25, -0.2) is 9.97 Å². The predicted octanol–water partition coefficient (Wildman–Crippen LogP) is 2.88. The summed E-state index contributed by atoms with van der Waals surface area (Å²) < 4.78 is 0. The molecule has 0 saturated heterocycles. The third-order valence-corrected chi connectivity index (χ3v) is 4.02. The van der Waals surface area contributed by atoms with E-state index in [4.69, 9.17) is 10.7 Å². The van der Waals surface area contributed by atoms with Crippen LogP contribution in [0.1, 0.15) is 31.0 Å². The Labute approximate surface area is 126 Å². The number of nitrogens with zero attached hydrogens (tertiary/aromatic N) is 3. The molecule has 0 atom stereocenters. The fourth-order valence-corrected chi connectivity index (χ4v) is 2.70. The van der Waals surface area contributed by atoms with Gasteiger partial charge in [0.25, 0.3) is 0 Å². The third-order valence-electron chi connectivity index (χ3n) is 4.02. The first kappa shape index (κ1) is 14.0. The van der Waals surface area contributed by atoms with Crippen molar-refractivity contribution in [3.05, 3.63) is 41.7 Å². The summed E-state index contributed by atoms with van der Waals surface area (Å²) >= 11 is 0. The van der Waals surface area contributed by atoms with E-state index in [1.165, 1.54) is 24.1 Å². The van der Waals surface area contributed by atoms with Crippen LogP contribution in [0.5, 0.6) is 0 Å². The van der Waals surface area contributed by atoms with Gasteiger partial charge in [0.2, 0.25) is 0 Å². The molecule has 4 nitrogen and oxygen atoms in total. The van der Waals surface area contributed by atoms with Gasteiger partial charge in [-0.05, 0) is 49.2 Å². The first-order chi connectivity index (χ1) is 10.3. The molecule has 110 valence electrons. The van der Waals surface area contributed by atoms with Crippen LogP contribution in [0, 0.1) is 0 Å². The Hall–Kier alpha value is -1.94. The van der Waals surface area contributed by atoms with Gasteiger partial charge in [0, 0.05) is 30.5 Å². The van der Waals surface area contributed by atoms with E-state index in [-0.39, 0.29) is 0 Å². The molecule has 2 aromatic rings. The SMILES string of the molecule is CCCCN1CCc2cnc(-c3ccc(N)cc3)nc2C1. The molecule has 1 aliphatic heterocycles. The maximum Gasteiger partial charge on any atom is 0.159 e. The first-order valence-corrected chi connectivity index (χ1v) is 7.69. The second kappa shape index (κ2) is 6.22. The molecule has 0 unspecified atom stereocenters. The van der Waals surface area contributed by atoms with Gasteiger partial charge in [-0.2, -0.15) is 0 Å². The zero-order chi connectivity index (χ0) is 14.7. The van der Waals surface area contributed by atoms with Gasteiger partial charge in [-0.3, -0.25) is 4.90 Å². The van der Waals surface area contributed by atoms with Crippen molar-refractivity contribution in [1.29, 1.82) is 0 Å². The average Bonchev–Trinajstić information content (AvgIpc) is 2.53. The number of unbranched alkanes of at least 4 members (excludes halogenated alkanes) is 1. The van der Waals surface area contributed by atoms with Gasteiger partial charge < -0.3 is 5.73 Å². The van der Waals surface area contributed by atoms with Crippen LogP contribution in [0.3, 0.4) is 0 Å². The van der Waals surface area contributed by atoms with Crippen LogP contribution in [-0.2, 0) is 13.0 Å². The quantitative estimate of drug-likeness (QED) is 0.876. The normalized spacial score (nSPS) is 14.9. The van der Waals surface area contributed by atoms with Gasteiger partial charge in [-0.15, -0.1) is 0 Å². The lowest BCUT2D eigenvalue weighted by molar-refractivity contribution is 0.246. The largest absolute Gasteiger partial charge is 0.399 e. The molecule has 0 bridgehead atoms. The van der Waals surface area contributed by atoms with Gasteiger partial charge in [0.1, 0.15) is 0 Å². The van der Waals surface area contributed by atoms with E-state index in [2.05, 4.69) is 16.8 Å². The Morgan fingerprint density at radius 3 is 2.81 bits per heavy atom. The minimum absolute atomic E-state index is 0.766. The lowest BCUT2D eigenvalue weighted by Gasteiger charge is -2.27. The summed E-state index contributed by atoms with van der Waals surface area (Å²) in [5.74, 6) is 0.797. The monoisotopic (exact) mass is 282 g/mol. The van der Waals surface area contributed by atoms with Crippen molar-refractivity contribution in [2.45, 2.75) is 32.7 Å². The number of benzene rings is 1. The van der Waals surface area contributed by atoms with Crippen LogP contribution in [-0.4, -0.2) is 28.0 Å². The Balaban J connectivity index is 1.82. The van der Waals surface area contributed by atoms with Gasteiger partial charge >= 0.3 is 0 Å². The molecular weight excluding hydrogens is 260 g/mol. The molecule has 0 saturated carbocycles. The minimum Gasteiger partial charge on any atom is -0.399 e. The maximum atomic E-state index is 5.73. The Morgan fingerprint density at radius 2 is 2.05 bits per heavy atom. The number of hydrogen-bond donors (Lipinski definition) is 1. The standard InChI is InChI=1S/C17H22N4/c1-2-3-9-21-10-8-14-11-19-17(20-16(14)12-21)13-4-6-15(18)7-5-13/h4-7,11H,2-3,8-10,12,18H2,1H3. The van der Waals surface area contributed by atoms with Crippen molar-refractivity contribution in [1.82, 2.24) is 14.9 Å². The molecule has 1 aliphatic rings. The molecule has 0 radical (unpaired) electrons. The van der Waals surface area contributed by atoms with E-state index >= 15 is 0 Å². The molecule has 1 aromatic heterocycles. The van der Waals surface area contributed by atoms with Crippen LogP contribution >= 0.6 is 0 Å². The number of rotatable bonds is 4. The predicted molar refractivity (Wildman–Crippen MR) is 85.8 cm³/mol. The molecule has 21 heavy (non-hydrogen) atoms. The number of hydrogen-bond acceptors (Lipinski definition) is 4. The molecule has 0 fully saturated rings. The van der Waals surface area contributed by atoms with E-state index in [0.717, 1.165) is 43.1 Å². The molecule has 2 heterocycles. The summed E-state index contributed by atoms with van der Waals surface area (Å²) in [6, 6.07) is 7.75. The molecular formula is C17H22N4. The summed E-state index contributed by atoms with van der Waals surface area (Å²) in [5, 5.41) is 0.